The van der Waals surface area contributed by atoms with E-state index < -0.39 is 0 Å². The Morgan fingerprint density at radius 3 is 2.62 bits per heavy atom. The monoisotopic (exact) mass is 234 g/mol. The first-order valence-corrected chi connectivity index (χ1v) is 6.15. The maximum absolute atomic E-state index is 9.29. The number of hydrogen-bond acceptors (Lipinski definition) is 4. The quantitative estimate of drug-likeness (QED) is 0.760. The third-order valence-electron chi connectivity index (χ3n) is 2.80. The number of nitriles is 1. The lowest BCUT2D eigenvalue weighted by molar-refractivity contribution is -0.0958. The molecule has 0 atom stereocenters. The molecule has 16 heavy (non-hydrogen) atoms. The topological polar surface area (TPSA) is 47.3 Å². The molecule has 1 aromatic heterocycles. The Labute approximate surface area is 99.2 Å². The zero-order valence-electron chi connectivity index (χ0n) is 9.23. The Kier molecular flexibility index (Phi) is 3.39. The lowest BCUT2D eigenvalue weighted by Gasteiger charge is -2.23. The summed E-state index contributed by atoms with van der Waals surface area (Å²) >= 11 is 1.66. The van der Waals surface area contributed by atoms with Crippen molar-refractivity contribution in [1.82, 2.24) is 5.06 Å². The second-order valence-corrected chi connectivity index (χ2v) is 5.24. The molecule has 4 heteroatoms. The van der Waals surface area contributed by atoms with Crippen molar-refractivity contribution < 1.29 is 5.21 Å². The lowest BCUT2D eigenvalue weighted by atomic mass is 9.98. The summed E-state index contributed by atoms with van der Waals surface area (Å²) in [6.45, 7) is 3.31. The van der Waals surface area contributed by atoms with E-state index >= 15 is 0 Å². The Balaban J connectivity index is 2.29. The molecular weight excluding hydrogens is 220 g/mol. The third-order valence-corrected chi connectivity index (χ3v) is 3.81. The minimum absolute atomic E-state index is 0.630. The van der Waals surface area contributed by atoms with Gasteiger partial charge in [-0.2, -0.15) is 10.3 Å². The Hall–Kier alpha value is -1.15. The van der Waals surface area contributed by atoms with Gasteiger partial charge in [-0.15, -0.1) is 11.3 Å². The lowest BCUT2D eigenvalue weighted by Crippen LogP contribution is -2.27. The van der Waals surface area contributed by atoms with Crippen molar-refractivity contribution in [3.63, 3.8) is 0 Å². The number of rotatable bonds is 1. The number of nitrogens with zero attached hydrogens (tertiary/aromatic N) is 2. The van der Waals surface area contributed by atoms with E-state index in [2.05, 4.69) is 6.07 Å². The van der Waals surface area contributed by atoms with Crippen LogP contribution in [0.25, 0.3) is 5.57 Å². The first-order valence-electron chi connectivity index (χ1n) is 5.33. The molecule has 0 amide bonds. The number of hydrogen-bond donors (Lipinski definition) is 1. The molecule has 2 heterocycles. The summed E-state index contributed by atoms with van der Waals surface area (Å²) < 4.78 is 0. The molecule has 0 bridgehead atoms. The van der Waals surface area contributed by atoms with Crippen molar-refractivity contribution >= 4 is 16.9 Å². The van der Waals surface area contributed by atoms with Crippen LogP contribution in [0.15, 0.2) is 17.7 Å². The summed E-state index contributed by atoms with van der Waals surface area (Å²) in [5.41, 5.74) is 1.99. The number of piperidine rings is 1. The fourth-order valence-electron chi connectivity index (χ4n) is 1.89. The molecule has 1 aliphatic heterocycles. The fourth-order valence-corrected chi connectivity index (χ4v) is 2.80. The number of thiophene rings is 1. The van der Waals surface area contributed by atoms with E-state index in [4.69, 9.17) is 0 Å². The molecule has 0 saturated carbocycles. The van der Waals surface area contributed by atoms with Crippen molar-refractivity contribution in [2.24, 2.45) is 0 Å². The Bertz CT molecular complexity index is 446. The molecule has 1 saturated heterocycles. The summed E-state index contributed by atoms with van der Waals surface area (Å²) in [5, 5.41) is 19.8. The molecule has 0 aliphatic carbocycles. The number of aryl methyl sites for hydroxylation is 1. The van der Waals surface area contributed by atoms with Gasteiger partial charge in [0.25, 0.3) is 0 Å². The molecular formula is C12H14N2OS. The van der Waals surface area contributed by atoms with Crippen LogP contribution in [0.3, 0.4) is 0 Å². The minimum Gasteiger partial charge on any atom is -0.314 e. The van der Waals surface area contributed by atoms with Crippen molar-refractivity contribution in [3.05, 3.63) is 27.5 Å². The van der Waals surface area contributed by atoms with Crippen LogP contribution in [-0.4, -0.2) is 23.4 Å². The molecule has 0 spiro atoms. The highest BCUT2D eigenvalue weighted by Crippen LogP contribution is 2.30. The first-order chi connectivity index (χ1) is 7.70. The van der Waals surface area contributed by atoms with Gasteiger partial charge in [0.1, 0.15) is 6.07 Å². The van der Waals surface area contributed by atoms with Crippen LogP contribution in [0.2, 0.25) is 0 Å². The zero-order valence-corrected chi connectivity index (χ0v) is 10.0. The predicted octanol–water partition coefficient (Wildman–Crippen LogP) is 2.82. The van der Waals surface area contributed by atoms with Crippen LogP contribution in [0, 0.1) is 18.3 Å². The maximum Gasteiger partial charge on any atom is 0.101 e. The predicted molar refractivity (Wildman–Crippen MR) is 64.2 cm³/mol. The number of hydroxylamine groups is 2. The molecule has 2 rings (SSSR count). The highest BCUT2D eigenvalue weighted by Gasteiger charge is 2.17. The van der Waals surface area contributed by atoms with Crippen LogP contribution < -0.4 is 0 Å². The summed E-state index contributed by atoms with van der Waals surface area (Å²) in [7, 11) is 0. The normalized spacial score (nSPS) is 17.2. The smallest absolute Gasteiger partial charge is 0.101 e. The molecule has 0 unspecified atom stereocenters. The van der Waals surface area contributed by atoms with Crippen LogP contribution in [0.4, 0.5) is 0 Å². The molecule has 3 nitrogen and oxygen atoms in total. The highest BCUT2D eigenvalue weighted by atomic mass is 32.1. The highest BCUT2D eigenvalue weighted by molar-refractivity contribution is 7.13. The van der Waals surface area contributed by atoms with E-state index in [0.29, 0.717) is 13.1 Å². The molecule has 0 aromatic carbocycles. The van der Waals surface area contributed by atoms with Crippen LogP contribution >= 0.6 is 11.3 Å². The average Bonchev–Trinajstić information content (AvgIpc) is 2.69. The number of allylic oxidation sites excluding steroid dienone is 1. The molecule has 1 fully saturated rings. The molecule has 1 aromatic rings. The van der Waals surface area contributed by atoms with Gasteiger partial charge >= 0.3 is 0 Å². The molecule has 84 valence electrons. The second kappa shape index (κ2) is 4.79. The standard InChI is InChI=1S/C12H14N2OS/c1-9-2-3-12(16-9)11(8-13)10-4-6-14(15)7-5-10/h2-3,15H,4-7H2,1H3. The van der Waals surface area contributed by atoms with Crippen molar-refractivity contribution in [1.29, 1.82) is 5.26 Å². The molecule has 1 aliphatic rings. The third kappa shape index (κ3) is 2.33. The van der Waals surface area contributed by atoms with E-state index in [9.17, 15) is 10.5 Å². The van der Waals surface area contributed by atoms with E-state index in [1.807, 2.05) is 19.1 Å². The van der Waals surface area contributed by atoms with Gasteiger partial charge in [-0.25, -0.2) is 0 Å². The van der Waals surface area contributed by atoms with E-state index in [1.165, 1.54) is 15.5 Å². The van der Waals surface area contributed by atoms with Gasteiger partial charge in [-0.1, -0.05) is 0 Å². The minimum atomic E-state index is 0.630. The van der Waals surface area contributed by atoms with Gasteiger partial charge in [0.05, 0.1) is 5.57 Å². The van der Waals surface area contributed by atoms with Crippen LogP contribution in [0.5, 0.6) is 0 Å². The van der Waals surface area contributed by atoms with Gasteiger partial charge in [0, 0.05) is 22.8 Å². The van der Waals surface area contributed by atoms with Gasteiger partial charge in [0.2, 0.25) is 0 Å². The van der Waals surface area contributed by atoms with Crippen molar-refractivity contribution in [3.8, 4) is 6.07 Å². The van der Waals surface area contributed by atoms with Crippen LogP contribution in [0.1, 0.15) is 22.6 Å². The van der Waals surface area contributed by atoms with Gasteiger partial charge in [-0.05, 0) is 37.5 Å². The average molecular weight is 234 g/mol. The summed E-state index contributed by atoms with van der Waals surface area (Å²) in [6.07, 6.45) is 1.58. The zero-order chi connectivity index (χ0) is 11.5. The molecule has 1 N–H and O–H groups in total. The van der Waals surface area contributed by atoms with Crippen molar-refractivity contribution in [2.75, 3.05) is 13.1 Å². The van der Waals surface area contributed by atoms with E-state index in [1.54, 1.807) is 11.3 Å². The van der Waals surface area contributed by atoms with Crippen LogP contribution in [-0.2, 0) is 0 Å². The van der Waals surface area contributed by atoms with E-state index in [-0.39, 0.29) is 0 Å². The van der Waals surface area contributed by atoms with E-state index in [0.717, 1.165) is 23.3 Å². The largest absolute Gasteiger partial charge is 0.314 e. The Morgan fingerprint density at radius 1 is 1.44 bits per heavy atom. The first kappa shape index (κ1) is 11.3. The maximum atomic E-state index is 9.29. The van der Waals surface area contributed by atoms with Gasteiger partial charge < -0.3 is 5.21 Å². The SMILES string of the molecule is Cc1ccc(C(C#N)=C2CCN(O)CC2)s1. The Morgan fingerprint density at radius 2 is 2.12 bits per heavy atom. The fraction of sp³-hybridized carbons (Fsp3) is 0.417. The summed E-state index contributed by atoms with van der Waals surface area (Å²) in [6, 6.07) is 6.36. The van der Waals surface area contributed by atoms with Gasteiger partial charge in [0.15, 0.2) is 0 Å². The second-order valence-electron chi connectivity index (χ2n) is 3.95. The summed E-state index contributed by atoms with van der Waals surface area (Å²) in [4.78, 5) is 2.28. The van der Waals surface area contributed by atoms with Gasteiger partial charge in [-0.3, -0.25) is 0 Å². The summed E-state index contributed by atoms with van der Waals surface area (Å²) in [5.74, 6) is 0. The van der Waals surface area contributed by atoms with Crippen molar-refractivity contribution in [2.45, 2.75) is 19.8 Å². The molecule has 0 radical (unpaired) electrons.